The molecule has 172 valence electrons. The Morgan fingerprint density at radius 1 is 1.03 bits per heavy atom. The molecule has 0 fully saturated rings. The second-order valence-corrected chi connectivity index (χ2v) is 7.52. The van der Waals surface area contributed by atoms with E-state index in [1.54, 1.807) is 29.1 Å². The predicted octanol–water partition coefficient (Wildman–Crippen LogP) is 4.83. The molecule has 3 rings (SSSR count). The van der Waals surface area contributed by atoms with Gasteiger partial charge in [-0.25, -0.2) is 0 Å². The summed E-state index contributed by atoms with van der Waals surface area (Å²) in [5.41, 5.74) is 3.90. The SMILES string of the molecule is CCOc1cc(/C=C/C(=O)c2cn(CC)nc2C)ccc1OCC(=O)Nc1ccc(C)cc1. The molecule has 0 aliphatic carbocycles. The molecule has 1 N–H and O–H groups in total. The molecule has 0 saturated heterocycles. The number of carbonyl (C=O) groups is 2. The number of ketones is 1. The van der Waals surface area contributed by atoms with E-state index in [0.717, 1.165) is 11.1 Å². The molecule has 0 bridgehead atoms. The maximum Gasteiger partial charge on any atom is 0.262 e. The van der Waals surface area contributed by atoms with Crippen molar-refractivity contribution >= 4 is 23.5 Å². The van der Waals surface area contributed by atoms with E-state index in [1.807, 2.05) is 58.0 Å². The lowest BCUT2D eigenvalue weighted by molar-refractivity contribution is -0.118. The summed E-state index contributed by atoms with van der Waals surface area (Å²) in [6.45, 7) is 8.65. The van der Waals surface area contributed by atoms with Crippen LogP contribution in [0.25, 0.3) is 6.08 Å². The summed E-state index contributed by atoms with van der Waals surface area (Å²) in [6.07, 6.45) is 5.00. The topological polar surface area (TPSA) is 82.5 Å². The minimum Gasteiger partial charge on any atom is -0.490 e. The van der Waals surface area contributed by atoms with Crippen molar-refractivity contribution < 1.29 is 19.1 Å². The van der Waals surface area contributed by atoms with E-state index < -0.39 is 0 Å². The molecular weight excluding hydrogens is 418 g/mol. The normalized spacial score (nSPS) is 10.9. The minimum absolute atomic E-state index is 0.113. The molecule has 0 aliphatic heterocycles. The molecule has 1 aromatic heterocycles. The zero-order valence-electron chi connectivity index (χ0n) is 19.4. The number of allylic oxidation sites excluding steroid dienone is 1. The zero-order valence-corrected chi connectivity index (χ0v) is 19.4. The maximum absolute atomic E-state index is 12.6. The number of amides is 1. The van der Waals surface area contributed by atoms with Crippen LogP contribution in [-0.2, 0) is 11.3 Å². The summed E-state index contributed by atoms with van der Waals surface area (Å²) < 4.78 is 13.1. The van der Waals surface area contributed by atoms with Gasteiger partial charge in [0.15, 0.2) is 23.9 Å². The lowest BCUT2D eigenvalue weighted by Crippen LogP contribution is -2.20. The number of nitrogens with zero attached hydrogens (tertiary/aromatic N) is 2. The van der Waals surface area contributed by atoms with E-state index in [2.05, 4.69) is 10.4 Å². The number of nitrogens with one attached hydrogen (secondary N) is 1. The van der Waals surface area contributed by atoms with E-state index in [4.69, 9.17) is 9.47 Å². The Kier molecular flexibility index (Phi) is 8.02. The van der Waals surface area contributed by atoms with Gasteiger partial charge in [-0.15, -0.1) is 0 Å². The Morgan fingerprint density at radius 3 is 2.45 bits per heavy atom. The summed E-state index contributed by atoms with van der Waals surface area (Å²) in [6, 6.07) is 12.9. The van der Waals surface area contributed by atoms with E-state index in [9.17, 15) is 9.59 Å². The van der Waals surface area contributed by atoms with Gasteiger partial charge >= 0.3 is 0 Å². The van der Waals surface area contributed by atoms with Crippen molar-refractivity contribution in [2.45, 2.75) is 34.2 Å². The van der Waals surface area contributed by atoms with Crippen LogP contribution in [0.2, 0.25) is 0 Å². The van der Waals surface area contributed by atoms with Crippen LogP contribution < -0.4 is 14.8 Å². The molecule has 1 heterocycles. The molecule has 33 heavy (non-hydrogen) atoms. The van der Waals surface area contributed by atoms with Crippen molar-refractivity contribution in [3.05, 3.63) is 77.1 Å². The summed E-state index contributed by atoms with van der Waals surface area (Å²) in [5, 5.41) is 7.11. The predicted molar refractivity (Wildman–Crippen MR) is 129 cm³/mol. The first kappa shape index (κ1) is 23.8. The number of anilines is 1. The third-order valence-corrected chi connectivity index (χ3v) is 4.92. The molecule has 0 aliphatic rings. The van der Waals surface area contributed by atoms with Crippen molar-refractivity contribution in [1.82, 2.24) is 9.78 Å². The lowest BCUT2D eigenvalue weighted by Gasteiger charge is -2.13. The van der Waals surface area contributed by atoms with Crippen LogP contribution in [0.15, 0.2) is 54.7 Å². The number of carbonyl (C=O) groups excluding carboxylic acids is 2. The fourth-order valence-electron chi connectivity index (χ4n) is 3.18. The molecule has 2 aromatic carbocycles. The summed E-state index contributed by atoms with van der Waals surface area (Å²) >= 11 is 0. The molecule has 0 unspecified atom stereocenters. The second-order valence-electron chi connectivity index (χ2n) is 7.52. The van der Waals surface area contributed by atoms with E-state index in [0.29, 0.717) is 41.6 Å². The fraction of sp³-hybridized carbons (Fsp3) is 0.269. The average molecular weight is 448 g/mol. The maximum atomic E-state index is 12.6. The molecule has 0 atom stereocenters. The van der Waals surface area contributed by atoms with Crippen LogP contribution >= 0.6 is 0 Å². The van der Waals surface area contributed by atoms with E-state index >= 15 is 0 Å². The first-order valence-electron chi connectivity index (χ1n) is 10.9. The average Bonchev–Trinajstić information content (AvgIpc) is 3.19. The van der Waals surface area contributed by atoms with Gasteiger partial charge in [0.25, 0.3) is 5.91 Å². The van der Waals surface area contributed by atoms with Crippen molar-refractivity contribution in [3.8, 4) is 11.5 Å². The highest BCUT2D eigenvalue weighted by molar-refractivity contribution is 6.07. The highest BCUT2D eigenvalue weighted by Gasteiger charge is 2.12. The summed E-state index contributed by atoms with van der Waals surface area (Å²) in [5.74, 6) is 0.585. The second kappa shape index (κ2) is 11.1. The third kappa shape index (κ3) is 6.55. The van der Waals surface area contributed by atoms with Crippen LogP contribution in [0, 0.1) is 13.8 Å². The van der Waals surface area contributed by atoms with Gasteiger partial charge in [0, 0.05) is 18.4 Å². The van der Waals surface area contributed by atoms with Gasteiger partial charge in [0.2, 0.25) is 0 Å². The largest absolute Gasteiger partial charge is 0.490 e. The first-order valence-corrected chi connectivity index (χ1v) is 10.9. The number of hydrogen-bond acceptors (Lipinski definition) is 5. The van der Waals surface area contributed by atoms with Crippen LogP contribution in [0.1, 0.15) is 41.0 Å². The molecule has 0 radical (unpaired) electrons. The van der Waals surface area contributed by atoms with E-state index in [-0.39, 0.29) is 18.3 Å². The Bertz CT molecular complexity index is 1150. The number of rotatable bonds is 10. The highest BCUT2D eigenvalue weighted by Crippen LogP contribution is 2.29. The van der Waals surface area contributed by atoms with Gasteiger partial charge in [-0.1, -0.05) is 29.8 Å². The molecular formula is C26H29N3O4. The molecule has 0 spiro atoms. The number of aromatic nitrogens is 2. The van der Waals surface area contributed by atoms with Crippen molar-refractivity contribution in [3.63, 3.8) is 0 Å². The molecule has 3 aromatic rings. The van der Waals surface area contributed by atoms with Gasteiger partial charge in [-0.3, -0.25) is 14.3 Å². The fourth-order valence-corrected chi connectivity index (χ4v) is 3.18. The zero-order chi connectivity index (χ0) is 23.8. The summed E-state index contributed by atoms with van der Waals surface area (Å²) in [7, 11) is 0. The van der Waals surface area contributed by atoms with Crippen molar-refractivity contribution in [1.29, 1.82) is 0 Å². The van der Waals surface area contributed by atoms with Crippen LogP contribution in [0.5, 0.6) is 11.5 Å². The van der Waals surface area contributed by atoms with Crippen molar-refractivity contribution in [2.24, 2.45) is 0 Å². The Hall–Kier alpha value is -3.87. The standard InChI is InChI=1S/C26H29N3O4/c1-5-29-16-22(19(4)28-29)23(30)13-9-20-10-14-24(25(15-20)32-6-2)33-17-26(31)27-21-11-7-18(3)8-12-21/h7-16H,5-6,17H2,1-4H3,(H,27,31)/b13-9+. The Morgan fingerprint density at radius 2 is 1.79 bits per heavy atom. The van der Waals surface area contributed by atoms with Gasteiger partial charge < -0.3 is 14.8 Å². The van der Waals surface area contributed by atoms with Crippen LogP contribution in [-0.4, -0.2) is 34.7 Å². The number of benzene rings is 2. The number of ether oxygens (including phenoxy) is 2. The van der Waals surface area contributed by atoms with Gasteiger partial charge in [0.05, 0.1) is 17.9 Å². The van der Waals surface area contributed by atoms with E-state index in [1.165, 1.54) is 6.08 Å². The minimum atomic E-state index is -0.265. The van der Waals surface area contributed by atoms with Crippen LogP contribution in [0.3, 0.4) is 0 Å². The van der Waals surface area contributed by atoms with Gasteiger partial charge in [-0.2, -0.15) is 5.10 Å². The smallest absolute Gasteiger partial charge is 0.262 e. The molecule has 7 heteroatoms. The monoisotopic (exact) mass is 447 g/mol. The third-order valence-electron chi connectivity index (χ3n) is 4.92. The Balaban J connectivity index is 1.66. The highest BCUT2D eigenvalue weighted by atomic mass is 16.5. The molecule has 1 amide bonds. The van der Waals surface area contributed by atoms with Crippen molar-refractivity contribution in [2.75, 3.05) is 18.5 Å². The summed E-state index contributed by atoms with van der Waals surface area (Å²) in [4.78, 5) is 24.8. The first-order chi connectivity index (χ1) is 15.9. The quantitative estimate of drug-likeness (QED) is 0.355. The number of aryl methyl sites for hydroxylation is 3. The van der Waals surface area contributed by atoms with Gasteiger partial charge in [0.1, 0.15) is 0 Å². The lowest BCUT2D eigenvalue weighted by atomic mass is 10.1. The molecule has 0 saturated carbocycles. The van der Waals surface area contributed by atoms with Gasteiger partial charge in [-0.05, 0) is 63.6 Å². The van der Waals surface area contributed by atoms with Crippen LogP contribution in [0.4, 0.5) is 5.69 Å². The Labute approximate surface area is 194 Å². The number of hydrogen-bond donors (Lipinski definition) is 1. The molecule has 7 nitrogen and oxygen atoms in total.